The van der Waals surface area contributed by atoms with Crippen molar-refractivity contribution >= 4 is 11.2 Å². The van der Waals surface area contributed by atoms with E-state index < -0.39 is 0 Å². The van der Waals surface area contributed by atoms with Gasteiger partial charge in [-0.2, -0.15) is 5.10 Å². The molecule has 2 aromatic heterocycles. The zero-order chi connectivity index (χ0) is 11.8. The number of aromatic nitrogens is 2. The highest BCUT2D eigenvalue weighted by atomic mass is 15.2. The summed E-state index contributed by atoms with van der Waals surface area (Å²) in [6.07, 6.45) is 6.78. The van der Waals surface area contributed by atoms with Crippen LogP contribution >= 0.6 is 0 Å². The van der Waals surface area contributed by atoms with E-state index in [9.17, 15) is 0 Å². The number of hydrogen-bond donors (Lipinski definition) is 0. The molecule has 1 aliphatic heterocycles. The topological polar surface area (TPSA) is 20.5 Å². The summed E-state index contributed by atoms with van der Waals surface area (Å²) in [6.45, 7) is 6.80. The smallest absolute Gasteiger partial charge is 0.0697 e. The highest BCUT2D eigenvalue weighted by Gasteiger charge is 2.14. The van der Waals surface area contributed by atoms with E-state index in [1.807, 2.05) is 10.7 Å². The summed E-state index contributed by atoms with van der Waals surface area (Å²) in [5.41, 5.74) is 3.87. The third-order valence-electron chi connectivity index (χ3n) is 3.62. The molecular formula is C14H19N3. The Labute approximate surface area is 102 Å². The molecule has 0 atom stereocenters. The summed E-state index contributed by atoms with van der Waals surface area (Å²) < 4.78 is 2.02. The van der Waals surface area contributed by atoms with Crippen LogP contribution in [0.3, 0.4) is 0 Å². The summed E-state index contributed by atoms with van der Waals surface area (Å²) >= 11 is 0. The van der Waals surface area contributed by atoms with Crippen LogP contribution in [0.5, 0.6) is 0 Å². The molecule has 17 heavy (non-hydrogen) atoms. The van der Waals surface area contributed by atoms with E-state index in [0.29, 0.717) is 5.92 Å². The highest BCUT2D eigenvalue weighted by molar-refractivity contribution is 5.60. The van der Waals surface area contributed by atoms with Gasteiger partial charge >= 0.3 is 0 Å². The van der Waals surface area contributed by atoms with Crippen LogP contribution in [0.4, 0.5) is 5.69 Å². The van der Waals surface area contributed by atoms with E-state index in [1.165, 1.54) is 42.7 Å². The molecule has 1 fully saturated rings. The van der Waals surface area contributed by atoms with Gasteiger partial charge in [0, 0.05) is 18.7 Å². The van der Waals surface area contributed by atoms with Crippen LogP contribution in [-0.2, 0) is 0 Å². The van der Waals surface area contributed by atoms with Crippen LogP contribution in [0.15, 0.2) is 24.5 Å². The molecule has 0 saturated carbocycles. The number of pyridine rings is 1. The van der Waals surface area contributed by atoms with Crippen LogP contribution in [0.2, 0.25) is 0 Å². The molecule has 0 aromatic carbocycles. The number of nitrogens with zero attached hydrogens (tertiary/aromatic N) is 3. The minimum atomic E-state index is 0.533. The van der Waals surface area contributed by atoms with Gasteiger partial charge in [0.05, 0.1) is 23.6 Å². The summed E-state index contributed by atoms with van der Waals surface area (Å²) in [5, 5.41) is 4.46. The zero-order valence-electron chi connectivity index (χ0n) is 10.6. The molecule has 0 aliphatic carbocycles. The Morgan fingerprint density at radius 1 is 1.18 bits per heavy atom. The fraction of sp³-hybridized carbons (Fsp3) is 0.500. The molecule has 2 aromatic rings. The SMILES string of the molecule is CC(C)c1cnn2cc(N3CCCC3)ccc12. The second kappa shape index (κ2) is 4.06. The molecule has 3 nitrogen and oxygen atoms in total. The van der Waals surface area contributed by atoms with Gasteiger partial charge in [-0.3, -0.25) is 0 Å². The molecule has 0 unspecified atom stereocenters. The van der Waals surface area contributed by atoms with Crippen LogP contribution in [0.25, 0.3) is 5.52 Å². The van der Waals surface area contributed by atoms with Crippen molar-refractivity contribution in [1.82, 2.24) is 9.61 Å². The third-order valence-corrected chi connectivity index (χ3v) is 3.62. The minimum absolute atomic E-state index is 0.533. The number of fused-ring (bicyclic) bond motifs is 1. The Hall–Kier alpha value is -1.51. The Kier molecular flexibility index (Phi) is 2.54. The number of hydrogen-bond acceptors (Lipinski definition) is 2. The summed E-state index contributed by atoms with van der Waals surface area (Å²) in [4.78, 5) is 2.44. The Balaban J connectivity index is 2.02. The Morgan fingerprint density at radius 2 is 1.94 bits per heavy atom. The summed E-state index contributed by atoms with van der Waals surface area (Å²) in [5.74, 6) is 0.533. The quantitative estimate of drug-likeness (QED) is 0.789. The van der Waals surface area contributed by atoms with Gasteiger partial charge in [-0.1, -0.05) is 13.8 Å². The van der Waals surface area contributed by atoms with Crippen molar-refractivity contribution < 1.29 is 0 Å². The molecule has 0 bridgehead atoms. The van der Waals surface area contributed by atoms with Crippen molar-refractivity contribution in [2.45, 2.75) is 32.6 Å². The van der Waals surface area contributed by atoms with Crippen LogP contribution in [-0.4, -0.2) is 22.7 Å². The van der Waals surface area contributed by atoms with E-state index in [4.69, 9.17) is 0 Å². The first-order valence-corrected chi connectivity index (χ1v) is 6.48. The first-order valence-electron chi connectivity index (χ1n) is 6.48. The van der Waals surface area contributed by atoms with Crippen molar-refractivity contribution in [3.8, 4) is 0 Å². The van der Waals surface area contributed by atoms with Gasteiger partial charge < -0.3 is 4.90 Å². The number of rotatable bonds is 2. The predicted molar refractivity (Wildman–Crippen MR) is 70.7 cm³/mol. The summed E-state index contributed by atoms with van der Waals surface area (Å²) in [6, 6.07) is 4.43. The molecule has 3 heteroatoms. The number of anilines is 1. The van der Waals surface area contributed by atoms with Gasteiger partial charge in [-0.15, -0.1) is 0 Å². The van der Waals surface area contributed by atoms with E-state index >= 15 is 0 Å². The fourth-order valence-corrected chi connectivity index (χ4v) is 2.60. The lowest BCUT2D eigenvalue weighted by atomic mass is 10.1. The summed E-state index contributed by atoms with van der Waals surface area (Å²) in [7, 11) is 0. The van der Waals surface area contributed by atoms with Gasteiger partial charge in [-0.25, -0.2) is 4.52 Å². The minimum Gasteiger partial charge on any atom is -0.370 e. The molecule has 0 N–H and O–H groups in total. The van der Waals surface area contributed by atoms with Gasteiger partial charge in [0.25, 0.3) is 0 Å². The standard InChI is InChI=1S/C14H19N3/c1-11(2)13-9-15-17-10-12(5-6-14(13)17)16-7-3-4-8-16/h5-6,9-11H,3-4,7-8H2,1-2H3. The van der Waals surface area contributed by atoms with Gasteiger partial charge in [-0.05, 0) is 30.9 Å². The van der Waals surface area contributed by atoms with E-state index in [-0.39, 0.29) is 0 Å². The second-order valence-electron chi connectivity index (χ2n) is 5.17. The van der Waals surface area contributed by atoms with E-state index in [0.717, 1.165) is 0 Å². The maximum Gasteiger partial charge on any atom is 0.0697 e. The van der Waals surface area contributed by atoms with Gasteiger partial charge in [0.1, 0.15) is 0 Å². The highest BCUT2D eigenvalue weighted by Crippen LogP contribution is 2.24. The molecule has 3 rings (SSSR count). The molecule has 0 spiro atoms. The first kappa shape index (κ1) is 10.6. The molecule has 90 valence electrons. The van der Waals surface area contributed by atoms with Crippen molar-refractivity contribution in [1.29, 1.82) is 0 Å². The lowest BCUT2D eigenvalue weighted by Gasteiger charge is -2.17. The van der Waals surface area contributed by atoms with Crippen molar-refractivity contribution in [3.63, 3.8) is 0 Å². The first-order chi connectivity index (χ1) is 8.25. The normalized spacial score (nSPS) is 16.3. The van der Waals surface area contributed by atoms with E-state index in [2.05, 4.69) is 42.2 Å². The second-order valence-corrected chi connectivity index (χ2v) is 5.17. The lowest BCUT2D eigenvalue weighted by Crippen LogP contribution is -2.17. The third kappa shape index (κ3) is 1.79. The molecule has 3 heterocycles. The fourth-order valence-electron chi connectivity index (χ4n) is 2.60. The largest absolute Gasteiger partial charge is 0.370 e. The van der Waals surface area contributed by atoms with Crippen molar-refractivity contribution in [2.75, 3.05) is 18.0 Å². The molecular weight excluding hydrogens is 210 g/mol. The lowest BCUT2D eigenvalue weighted by molar-refractivity contribution is 0.875. The zero-order valence-corrected chi connectivity index (χ0v) is 10.6. The Morgan fingerprint density at radius 3 is 2.65 bits per heavy atom. The molecule has 1 aliphatic rings. The van der Waals surface area contributed by atoms with E-state index in [1.54, 1.807) is 0 Å². The van der Waals surface area contributed by atoms with Crippen LogP contribution in [0.1, 0.15) is 38.2 Å². The van der Waals surface area contributed by atoms with Crippen molar-refractivity contribution in [3.05, 3.63) is 30.1 Å². The molecule has 0 amide bonds. The molecule has 0 radical (unpaired) electrons. The predicted octanol–water partition coefficient (Wildman–Crippen LogP) is 3.06. The van der Waals surface area contributed by atoms with Crippen molar-refractivity contribution in [2.24, 2.45) is 0 Å². The van der Waals surface area contributed by atoms with Gasteiger partial charge in [0.2, 0.25) is 0 Å². The van der Waals surface area contributed by atoms with Gasteiger partial charge in [0.15, 0.2) is 0 Å². The maximum absolute atomic E-state index is 4.46. The average molecular weight is 229 g/mol. The Bertz CT molecular complexity index is 521. The van der Waals surface area contributed by atoms with Crippen LogP contribution < -0.4 is 4.90 Å². The maximum atomic E-state index is 4.46. The molecule has 1 saturated heterocycles. The average Bonchev–Trinajstić information content (AvgIpc) is 2.97. The van der Waals surface area contributed by atoms with Crippen LogP contribution in [0, 0.1) is 0 Å². The monoisotopic (exact) mass is 229 g/mol.